The van der Waals surface area contributed by atoms with Gasteiger partial charge in [-0.2, -0.15) is 0 Å². The molecule has 35 heavy (non-hydrogen) atoms. The fourth-order valence-electron chi connectivity index (χ4n) is 3.98. The number of hydrogen-bond donors (Lipinski definition) is 0. The number of para-hydroxylation sites is 4. The number of imidazole rings is 2. The third-order valence-corrected chi connectivity index (χ3v) is 5.77. The van der Waals surface area contributed by atoms with E-state index in [0.717, 1.165) is 22.1 Å². The van der Waals surface area contributed by atoms with Crippen LogP contribution in [0.4, 0.5) is 0 Å². The van der Waals surface area contributed by atoms with Crippen LogP contribution in [-0.2, 0) is 23.6 Å². The summed E-state index contributed by atoms with van der Waals surface area (Å²) in [5, 5.41) is 0. The second kappa shape index (κ2) is 9.06. The molecule has 0 aliphatic rings. The summed E-state index contributed by atoms with van der Waals surface area (Å²) in [7, 11) is 3.93. The highest BCUT2D eigenvalue weighted by Gasteiger charge is 2.17. The molecule has 0 saturated carbocycles. The minimum Gasteiger partial charge on any atom is -0.490 e. The Balaban J connectivity index is 1.56. The Morgan fingerprint density at radius 1 is 0.829 bits per heavy atom. The number of esters is 1. The third-order valence-electron chi connectivity index (χ3n) is 5.77. The number of nitrogens with zero attached hydrogens (tertiary/aromatic N) is 5. The van der Waals surface area contributed by atoms with E-state index in [1.807, 2.05) is 83.9 Å². The zero-order chi connectivity index (χ0) is 24.5. The highest BCUT2D eigenvalue weighted by atomic mass is 16.6. The van der Waals surface area contributed by atoms with Gasteiger partial charge in [-0.15, -0.1) is 0 Å². The molecule has 3 heterocycles. The molecule has 0 spiro atoms. The molecule has 0 radical (unpaired) electrons. The van der Waals surface area contributed by atoms with Crippen LogP contribution in [0.5, 0.6) is 5.75 Å². The Labute approximate surface area is 202 Å². The summed E-state index contributed by atoms with van der Waals surface area (Å²) >= 11 is 0. The Morgan fingerprint density at radius 2 is 1.34 bits per heavy atom. The molecular formula is C27H25N5O3. The number of fused-ring (bicyclic) bond motifs is 2. The van der Waals surface area contributed by atoms with Gasteiger partial charge in [-0.05, 0) is 31.2 Å². The normalized spacial score (nSPS) is 11.2. The Bertz CT molecular complexity index is 1480. The maximum atomic E-state index is 11.7. The quantitative estimate of drug-likeness (QED) is 0.196. The van der Waals surface area contributed by atoms with E-state index in [-0.39, 0.29) is 13.2 Å². The molecule has 0 aliphatic heterocycles. The lowest BCUT2D eigenvalue weighted by molar-refractivity contribution is -0.139. The molecule has 0 amide bonds. The highest BCUT2D eigenvalue weighted by molar-refractivity contribution is 5.87. The fourth-order valence-corrected chi connectivity index (χ4v) is 3.98. The molecule has 5 rings (SSSR count). The monoisotopic (exact) mass is 467 g/mol. The summed E-state index contributed by atoms with van der Waals surface area (Å²) in [5.74, 6) is 1.57. The number of pyridine rings is 1. The summed E-state index contributed by atoms with van der Waals surface area (Å²) in [4.78, 5) is 26.2. The van der Waals surface area contributed by atoms with Gasteiger partial charge < -0.3 is 18.6 Å². The van der Waals surface area contributed by atoms with Crippen LogP contribution >= 0.6 is 0 Å². The average Bonchev–Trinajstić information content (AvgIpc) is 3.39. The van der Waals surface area contributed by atoms with Crippen molar-refractivity contribution in [2.75, 3.05) is 13.2 Å². The van der Waals surface area contributed by atoms with E-state index >= 15 is 0 Å². The molecule has 3 aromatic heterocycles. The number of rotatable bonds is 7. The zero-order valence-corrected chi connectivity index (χ0v) is 19.9. The molecule has 0 bridgehead atoms. The summed E-state index contributed by atoms with van der Waals surface area (Å²) < 4.78 is 15.1. The van der Waals surface area contributed by atoms with Crippen LogP contribution in [0.3, 0.4) is 0 Å². The Morgan fingerprint density at radius 3 is 1.83 bits per heavy atom. The van der Waals surface area contributed by atoms with Gasteiger partial charge in [0.15, 0.2) is 11.6 Å². The lowest BCUT2D eigenvalue weighted by Gasteiger charge is -2.11. The van der Waals surface area contributed by atoms with Crippen molar-refractivity contribution in [1.82, 2.24) is 24.1 Å². The number of carbonyl (C=O) groups excluding carboxylic acids is 1. The van der Waals surface area contributed by atoms with Crippen LogP contribution in [0.2, 0.25) is 0 Å². The van der Waals surface area contributed by atoms with Crippen molar-refractivity contribution < 1.29 is 14.3 Å². The van der Waals surface area contributed by atoms with Gasteiger partial charge in [0, 0.05) is 31.8 Å². The molecule has 2 aromatic carbocycles. The average molecular weight is 468 g/mol. The van der Waals surface area contributed by atoms with E-state index in [1.54, 1.807) is 6.92 Å². The van der Waals surface area contributed by atoms with Gasteiger partial charge in [-0.1, -0.05) is 30.8 Å². The first-order chi connectivity index (χ1) is 16.9. The number of aromatic nitrogens is 5. The van der Waals surface area contributed by atoms with E-state index in [2.05, 4.69) is 6.58 Å². The number of aryl methyl sites for hydroxylation is 2. The molecule has 0 unspecified atom stereocenters. The summed E-state index contributed by atoms with van der Waals surface area (Å²) in [6, 6.07) is 19.6. The highest BCUT2D eigenvalue weighted by Crippen LogP contribution is 2.30. The number of hydrogen-bond acceptors (Lipinski definition) is 6. The van der Waals surface area contributed by atoms with Gasteiger partial charge in [-0.25, -0.2) is 19.7 Å². The van der Waals surface area contributed by atoms with E-state index in [1.165, 1.54) is 0 Å². The van der Waals surface area contributed by atoms with Crippen molar-refractivity contribution >= 4 is 28.0 Å². The van der Waals surface area contributed by atoms with Crippen LogP contribution in [-0.4, -0.2) is 43.3 Å². The molecule has 0 aliphatic carbocycles. The van der Waals surface area contributed by atoms with Crippen LogP contribution < -0.4 is 4.74 Å². The standard InChI is InChI=1S/C27H25N5O3/c1-17(2)27(33)35-14-13-34-18-15-21(25-29-19-9-5-7-11-23(19)31(25)3)28-22(16-18)26-30-20-10-6-8-12-24(20)32(26)4/h5-12,15-16H,1,13-14H2,2-4H3. The van der Waals surface area contributed by atoms with Crippen molar-refractivity contribution in [1.29, 1.82) is 0 Å². The smallest absolute Gasteiger partial charge is 0.333 e. The van der Waals surface area contributed by atoms with Crippen molar-refractivity contribution in [3.63, 3.8) is 0 Å². The van der Waals surface area contributed by atoms with Gasteiger partial charge in [-0.3, -0.25) is 0 Å². The maximum Gasteiger partial charge on any atom is 0.333 e. The second-order valence-electron chi connectivity index (χ2n) is 8.30. The fraction of sp³-hybridized carbons (Fsp3) is 0.185. The van der Waals surface area contributed by atoms with Gasteiger partial charge in [0.2, 0.25) is 0 Å². The SMILES string of the molecule is C=C(C)C(=O)OCCOc1cc(-c2nc3ccccc3n2C)nc(-c2nc3ccccc3n2C)c1. The Kier molecular flexibility index (Phi) is 5.78. The third kappa shape index (κ3) is 4.26. The predicted octanol–water partition coefficient (Wildman–Crippen LogP) is 4.69. The van der Waals surface area contributed by atoms with Gasteiger partial charge in [0.25, 0.3) is 0 Å². The maximum absolute atomic E-state index is 11.7. The summed E-state index contributed by atoms with van der Waals surface area (Å²) in [6.45, 7) is 5.50. The van der Waals surface area contributed by atoms with Crippen molar-refractivity contribution in [2.45, 2.75) is 6.92 Å². The molecule has 0 saturated heterocycles. The molecule has 0 atom stereocenters. The molecule has 176 valence electrons. The minimum atomic E-state index is -0.441. The topological polar surface area (TPSA) is 84.1 Å². The van der Waals surface area contributed by atoms with Gasteiger partial charge in [0.05, 0.1) is 22.1 Å². The van der Waals surface area contributed by atoms with E-state index < -0.39 is 5.97 Å². The molecule has 8 nitrogen and oxygen atoms in total. The first-order valence-electron chi connectivity index (χ1n) is 11.2. The van der Waals surface area contributed by atoms with Crippen LogP contribution in [0, 0.1) is 0 Å². The van der Waals surface area contributed by atoms with E-state index in [0.29, 0.717) is 34.4 Å². The lowest BCUT2D eigenvalue weighted by atomic mass is 10.2. The Hall–Kier alpha value is -4.46. The van der Waals surface area contributed by atoms with Crippen LogP contribution in [0.25, 0.3) is 45.1 Å². The van der Waals surface area contributed by atoms with Gasteiger partial charge >= 0.3 is 5.97 Å². The number of benzene rings is 2. The van der Waals surface area contributed by atoms with E-state index in [4.69, 9.17) is 24.4 Å². The number of ether oxygens (including phenoxy) is 2. The minimum absolute atomic E-state index is 0.108. The van der Waals surface area contributed by atoms with Crippen LogP contribution in [0.15, 0.2) is 72.8 Å². The zero-order valence-electron chi connectivity index (χ0n) is 19.9. The van der Waals surface area contributed by atoms with Crippen LogP contribution in [0.1, 0.15) is 6.92 Å². The molecular weight excluding hydrogens is 442 g/mol. The van der Waals surface area contributed by atoms with Crippen molar-refractivity contribution in [3.8, 4) is 28.8 Å². The molecule has 8 heteroatoms. The van der Waals surface area contributed by atoms with Gasteiger partial charge in [0.1, 0.15) is 30.4 Å². The summed E-state index contributed by atoms with van der Waals surface area (Å²) in [6.07, 6.45) is 0. The van der Waals surface area contributed by atoms with Crippen molar-refractivity contribution in [2.24, 2.45) is 14.1 Å². The first kappa shape index (κ1) is 22.3. The second-order valence-corrected chi connectivity index (χ2v) is 8.30. The molecule has 0 N–H and O–H groups in total. The van der Waals surface area contributed by atoms with Crippen molar-refractivity contribution in [3.05, 3.63) is 72.8 Å². The first-order valence-corrected chi connectivity index (χ1v) is 11.2. The number of carbonyl (C=O) groups is 1. The largest absolute Gasteiger partial charge is 0.490 e. The molecule has 0 fully saturated rings. The predicted molar refractivity (Wildman–Crippen MR) is 135 cm³/mol. The van der Waals surface area contributed by atoms with E-state index in [9.17, 15) is 4.79 Å². The summed E-state index contributed by atoms with van der Waals surface area (Å²) in [5.41, 5.74) is 5.44. The molecule has 5 aromatic rings. The lowest BCUT2D eigenvalue weighted by Crippen LogP contribution is -2.12.